The monoisotopic (exact) mass is 432 g/mol. The first-order valence-corrected chi connectivity index (χ1v) is 11.0. The van der Waals surface area contributed by atoms with Crippen LogP contribution in [0.2, 0.25) is 0 Å². The predicted octanol–water partition coefficient (Wildman–Crippen LogP) is 2.23. The van der Waals surface area contributed by atoms with Crippen LogP contribution in [0.25, 0.3) is 10.4 Å². The zero-order chi connectivity index (χ0) is 20.0. The van der Waals surface area contributed by atoms with Gasteiger partial charge in [0, 0.05) is 21.2 Å². The number of benzene rings is 1. The summed E-state index contributed by atoms with van der Waals surface area (Å²) in [7, 11) is -2.09. The van der Waals surface area contributed by atoms with Gasteiger partial charge in [0.15, 0.2) is 5.25 Å². The number of carbonyl (C=O) groups excluding carboxylic acids is 3. The molecule has 0 unspecified atom stereocenters. The van der Waals surface area contributed by atoms with Gasteiger partial charge in [-0.05, 0) is 17.7 Å². The van der Waals surface area contributed by atoms with Gasteiger partial charge < -0.3 is 4.84 Å². The Morgan fingerprint density at radius 2 is 2.04 bits per heavy atom. The normalized spacial score (nSPS) is 16.9. The van der Waals surface area contributed by atoms with E-state index in [2.05, 4.69) is 14.9 Å². The third-order valence-electron chi connectivity index (χ3n) is 3.16. The molecule has 0 saturated carbocycles. The van der Waals surface area contributed by atoms with Gasteiger partial charge in [0.25, 0.3) is 21.9 Å². The second-order valence-electron chi connectivity index (χ2n) is 5.04. The minimum atomic E-state index is -4.75. The molecule has 1 aliphatic rings. The number of amides is 2. The lowest BCUT2D eigenvalue weighted by Crippen LogP contribution is -2.36. The van der Waals surface area contributed by atoms with Crippen molar-refractivity contribution in [1.29, 1.82) is 0 Å². The molecule has 14 heteroatoms. The van der Waals surface area contributed by atoms with Gasteiger partial charge in [0.2, 0.25) is 0 Å². The Kier molecular flexibility index (Phi) is 7.10. The van der Waals surface area contributed by atoms with Crippen LogP contribution in [0.4, 0.5) is 5.69 Å². The summed E-state index contributed by atoms with van der Waals surface area (Å²) in [6.45, 7) is 0. The molecule has 144 valence electrons. The van der Waals surface area contributed by atoms with Gasteiger partial charge in [-0.25, -0.2) is 4.79 Å². The Morgan fingerprint density at radius 3 is 2.59 bits per heavy atom. The highest BCUT2D eigenvalue weighted by atomic mass is 33.1. The van der Waals surface area contributed by atoms with Crippen molar-refractivity contribution in [2.24, 2.45) is 5.11 Å². The fraction of sp³-hybridized carbons (Fsp3) is 0.308. The summed E-state index contributed by atoms with van der Waals surface area (Å²) in [5.74, 6) is -2.91. The summed E-state index contributed by atoms with van der Waals surface area (Å²) in [6.07, 6.45) is -0.913. The Bertz CT molecular complexity index is 897. The standard InChI is InChI=1S/C13H12N4O7S3/c14-16-15-8-1-3-9(4-2-8)26-25-6-5-12(19)24-17-11(18)7-10(13(17)20)27(21,22)23/h1-4,10H,5-7H2,(H,21,22,23)/t10-/m1/s1. The van der Waals surface area contributed by atoms with Crippen molar-refractivity contribution in [3.8, 4) is 0 Å². The van der Waals surface area contributed by atoms with Gasteiger partial charge in [0.05, 0.1) is 12.8 Å². The van der Waals surface area contributed by atoms with E-state index in [4.69, 9.17) is 10.1 Å². The maximum Gasteiger partial charge on any atom is 0.334 e. The number of hydroxylamine groups is 2. The van der Waals surface area contributed by atoms with E-state index in [9.17, 15) is 22.8 Å². The SMILES string of the molecule is [N-]=[N+]=Nc1ccc(SSCCC(=O)ON2C(=O)C[C@@H](S(=O)(=O)O)C2=O)cc1. The molecule has 0 bridgehead atoms. The zero-order valence-electron chi connectivity index (χ0n) is 13.4. The molecule has 1 fully saturated rings. The number of azide groups is 1. The van der Waals surface area contributed by atoms with Gasteiger partial charge in [-0.2, -0.15) is 8.42 Å². The van der Waals surface area contributed by atoms with E-state index in [1.165, 1.54) is 21.6 Å². The number of hydrogen-bond acceptors (Lipinski definition) is 9. The van der Waals surface area contributed by atoms with Crippen LogP contribution in [0.1, 0.15) is 12.8 Å². The lowest BCUT2D eigenvalue weighted by atomic mass is 10.3. The molecule has 0 aromatic heterocycles. The lowest BCUT2D eigenvalue weighted by molar-refractivity contribution is -0.197. The molecule has 0 aliphatic carbocycles. The molecule has 2 rings (SSSR count). The highest BCUT2D eigenvalue weighted by Crippen LogP contribution is 2.32. The molecule has 0 radical (unpaired) electrons. The highest BCUT2D eigenvalue weighted by molar-refractivity contribution is 8.76. The van der Waals surface area contributed by atoms with Crippen LogP contribution in [0.3, 0.4) is 0 Å². The van der Waals surface area contributed by atoms with E-state index in [-0.39, 0.29) is 11.5 Å². The molecule has 1 aromatic rings. The maximum atomic E-state index is 11.7. The summed E-state index contributed by atoms with van der Waals surface area (Å²) < 4.78 is 30.9. The van der Waals surface area contributed by atoms with Crippen LogP contribution in [-0.4, -0.2) is 46.8 Å². The first-order chi connectivity index (χ1) is 12.7. The lowest BCUT2D eigenvalue weighted by Gasteiger charge is -2.13. The average Bonchev–Trinajstić information content (AvgIpc) is 2.89. The molecule has 2 amide bonds. The summed E-state index contributed by atoms with van der Waals surface area (Å²) >= 11 is 0. The number of carbonyl (C=O) groups is 3. The first kappa shape index (κ1) is 21.1. The molecule has 1 atom stereocenters. The van der Waals surface area contributed by atoms with Crippen molar-refractivity contribution in [3.63, 3.8) is 0 Å². The number of imide groups is 1. The molecular weight excluding hydrogens is 420 g/mol. The van der Waals surface area contributed by atoms with Crippen molar-refractivity contribution >= 4 is 55.2 Å². The first-order valence-electron chi connectivity index (χ1n) is 7.21. The summed E-state index contributed by atoms with van der Waals surface area (Å²) in [5.41, 5.74) is 8.79. The number of rotatable bonds is 8. The Hall–Kier alpha value is -2.25. The molecular formula is C13H12N4O7S3. The van der Waals surface area contributed by atoms with Crippen LogP contribution < -0.4 is 0 Å². The number of nitrogens with zero attached hydrogens (tertiary/aromatic N) is 4. The largest absolute Gasteiger partial charge is 0.334 e. The Labute approximate surface area is 161 Å². The third kappa shape index (κ3) is 5.87. The van der Waals surface area contributed by atoms with Crippen molar-refractivity contribution in [3.05, 3.63) is 34.7 Å². The van der Waals surface area contributed by atoms with Gasteiger partial charge in [-0.1, -0.05) is 38.8 Å². The van der Waals surface area contributed by atoms with E-state index >= 15 is 0 Å². The second kappa shape index (κ2) is 9.10. The molecule has 1 heterocycles. The van der Waals surface area contributed by atoms with E-state index in [0.717, 1.165) is 4.90 Å². The fourth-order valence-electron chi connectivity index (χ4n) is 1.91. The van der Waals surface area contributed by atoms with Crippen molar-refractivity contribution in [2.75, 3.05) is 5.75 Å². The van der Waals surface area contributed by atoms with Crippen molar-refractivity contribution in [1.82, 2.24) is 5.06 Å². The van der Waals surface area contributed by atoms with Gasteiger partial charge >= 0.3 is 5.97 Å². The fourth-order valence-corrected chi connectivity index (χ4v) is 4.58. The smallest absolute Gasteiger partial charge is 0.330 e. The van der Waals surface area contributed by atoms with Crippen LogP contribution in [0.15, 0.2) is 34.3 Å². The van der Waals surface area contributed by atoms with E-state index < -0.39 is 39.6 Å². The Balaban J connectivity index is 1.77. The van der Waals surface area contributed by atoms with Crippen LogP contribution >= 0.6 is 21.6 Å². The quantitative estimate of drug-likeness (QED) is 0.123. The van der Waals surface area contributed by atoms with E-state index in [1.54, 1.807) is 24.3 Å². The Morgan fingerprint density at radius 1 is 1.37 bits per heavy atom. The van der Waals surface area contributed by atoms with Crippen molar-refractivity contribution in [2.45, 2.75) is 23.0 Å². The van der Waals surface area contributed by atoms with E-state index in [0.29, 0.717) is 11.4 Å². The minimum absolute atomic E-state index is 0.0764. The molecule has 1 aromatic carbocycles. The van der Waals surface area contributed by atoms with Crippen LogP contribution in [0, 0.1) is 0 Å². The summed E-state index contributed by atoms with van der Waals surface area (Å²) in [6, 6.07) is 6.73. The molecule has 11 nitrogen and oxygen atoms in total. The van der Waals surface area contributed by atoms with Gasteiger partial charge in [-0.3, -0.25) is 14.1 Å². The van der Waals surface area contributed by atoms with Crippen LogP contribution in [0.5, 0.6) is 0 Å². The van der Waals surface area contributed by atoms with Gasteiger partial charge in [0.1, 0.15) is 0 Å². The molecule has 1 N–H and O–H groups in total. The molecule has 1 aliphatic heterocycles. The zero-order valence-corrected chi connectivity index (χ0v) is 15.9. The second-order valence-corrected chi connectivity index (χ2v) is 9.12. The predicted molar refractivity (Wildman–Crippen MR) is 96.1 cm³/mol. The summed E-state index contributed by atoms with van der Waals surface area (Å²) in [5, 5.41) is 1.57. The van der Waals surface area contributed by atoms with Gasteiger partial charge in [-0.15, -0.1) is 5.06 Å². The minimum Gasteiger partial charge on any atom is -0.330 e. The maximum absolute atomic E-state index is 11.7. The molecule has 0 spiro atoms. The molecule has 27 heavy (non-hydrogen) atoms. The van der Waals surface area contributed by atoms with E-state index in [1.807, 2.05) is 0 Å². The van der Waals surface area contributed by atoms with Crippen LogP contribution in [-0.2, 0) is 29.3 Å². The number of hydrogen-bond donors (Lipinski definition) is 1. The topological polar surface area (TPSA) is 167 Å². The average molecular weight is 432 g/mol. The summed E-state index contributed by atoms with van der Waals surface area (Å²) in [4.78, 5) is 43.2. The molecule has 1 saturated heterocycles. The highest BCUT2D eigenvalue weighted by Gasteiger charge is 2.48. The third-order valence-corrected chi connectivity index (χ3v) is 6.63. The van der Waals surface area contributed by atoms with Crippen molar-refractivity contribution < 1.29 is 32.2 Å².